The zero-order chi connectivity index (χ0) is 21.3. The van der Waals surface area contributed by atoms with E-state index in [-0.39, 0.29) is 5.56 Å². The summed E-state index contributed by atoms with van der Waals surface area (Å²) in [5.41, 5.74) is 2.01. The van der Waals surface area contributed by atoms with E-state index < -0.39 is 29.3 Å². The van der Waals surface area contributed by atoms with Crippen LogP contribution in [0.3, 0.4) is 0 Å². The minimum atomic E-state index is -1.29. The third-order valence-corrected chi connectivity index (χ3v) is 6.07. The van der Waals surface area contributed by atoms with Crippen LogP contribution in [0.2, 0.25) is 0 Å². The van der Waals surface area contributed by atoms with Crippen LogP contribution in [0.4, 0.5) is 5.69 Å². The third kappa shape index (κ3) is 6.22. The summed E-state index contributed by atoms with van der Waals surface area (Å²) in [6.45, 7) is 5.54. The molecule has 1 saturated heterocycles. The molecule has 30 heavy (non-hydrogen) atoms. The Kier molecular flexibility index (Phi) is 8.12. The lowest BCUT2D eigenvalue weighted by Gasteiger charge is -2.26. The molecule has 2 aromatic carbocycles. The number of ether oxygens (including phenoxy) is 2. The molecule has 0 aliphatic carbocycles. The Morgan fingerprint density at radius 1 is 1.10 bits per heavy atom. The lowest BCUT2D eigenvalue weighted by atomic mass is 10.2. The van der Waals surface area contributed by atoms with E-state index in [4.69, 9.17) is 9.47 Å². The van der Waals surface area contributed by atoms with Crippen LogP contribution in [0, 0.1) is 0 Å². The molecule has 2 aromatic rings. The zero-order valence-corrected chi connectivity index (χ0v) is 17.8. The van der Waals surface area contributed by atoms with Gasteiger partial charge >= 0.3 is 5.97 Å². The average molecular weight is 431 g/mol. The molecule has 1 aliphatic heterocycles. The highest BCUT2D eigenvalue weighted by Crippen LogP contribution is 2.16. The number of hydrogen-bond acceptors (Lipinski definition) is 6. The van der Waals surface area contributed by atoms with Crippen LogP contribution in [0.25, 0.3) is 0 Å². The maximum Gasteiger partial charge on any atom is 0.339 e. The van der Waals surface area contributed by atoms with Gasteiger partial charge in [-0.2, -0.15) is 0 Å². The van der Waals surface area contributed by atoms with E-state index in [0.717, 1.165) is 38.4 Å². The second kappa shape index (κ2) is 11.0. The Morgan fingerprint density at radius 2 is 1.80 bits per heavy atom. The number of carbonyl (C=O) groups excluding carboxylic acids is 2. The predicted molar refractivity (Wildman–Crippen MR) is 115 cm³/mol. The summed E-state index contributed by atoms with van der Waals surface area (Å²) in [5.74, 6) is -0.700. The van der Waals surface area contributed by atoms with Crippen molar-refractivity contribution in [2.45, 2.75) is 18.4 Å². The largest absolute Gasteiger partial charge is 0.452 e. The van der Waals surface area contributed by atoms with Gasteiger partial charge in [-0.3, -0.25) is 13.9 Å². The van der Waals surface area contributed by atoms with Crippen LogP contribution in [0.15, 0.2) is 53.4 Å². The van der Waals surface area contributed by atoms with Crippen molar-refractivity contribution in [2.24, 2.45) is 0 Å². The fraction of sp³-hybridized carbons (Fsp3) is 0.364. The van der Waals surface area contributed by atoms with Gasteiger partial charge in [0.05, 0.1) is 34.5 Å². The van der Waals surface area contributed by atoms with E-state index in [1.54, 1.807) is 31.2 Å². The monoisotopic (exact) mass is 430 g/mol. The molecule has 1 amide bonds. The molecule has 1 heterocycles. The lowest BCUT2D eigenvalue weighted by molar-refractivity contribution is -0.119. The Balaban J connectivity index is 1.50. The summed E-state index contributed by atoms with van der Waals surface area (Å²) in [6.07, 6.45) is 0. The molecule has 0 aromatic heterocycles. The van der Waals surface area contributed by atoms with Crippen LogP contribution in [0.5, 0.6) is 0 Å². The summed E-state index contributed by atoms with van der Waals surface area (Å²) in [5, 5.41) is 2.72. The molecule has 0 radical (unpaired) electrons. The Morgan fingerprint density at radius 3 is 2.50 bits per heavy atom. The van der Waals surface area contributed by atoms with E-state index in [1.165, 1.54) is 0 Å². The fourth-order valence-corrected chi connectivity index (χ4v) is 4.04. The number of carbonyl (C=O) groups is 2. The Hall–Kier alpha value is -2.55. The molecule has 1 unspecified atom stereocenters. The molecular formula is C22H26N2O5S. The van der Waals surface area contributed by atoms with Crippen LogP contribution in [-0.4, -0.2) is 59.6 Å². The molecule has 7 nitrogen and oxygen atoms in total. The topological polar surface area (TPSA) is 84.9 Å². The van der Waals surface area contributed by atoms with Crippen molar-refractivity contribution in [3.05, 3.63) is 59.7 Å². The van der Waals surface area contributed by atoms with Crippen molar-refractivity contribution >= 4 is 28.4 Å². The van der Waals surface area contributed by atoms with Gasteiger partial charge in [0.2, 0.25) is 0 Å². The third-order valence-electron chi connectivity index (χ3n) is 4.70. The number of morpholine rings is 1. The minimum absolute atomic E-state index is 0.220. The number of esters is 1. The molecule has 1 aliphatic rings. The predicted octanol–water partition coefficient (Wildman–Crippen LogP) is 2.44. The maximum absolute atomic E-state index is 12.3. The van der Waals surface area contributed by atoms with Gasteiger partial charge in [0.1, 0.15) is 0 Å². The number of hydrogen-bond donors (Lipinski definition) is 1. The molecule has 160 valence electrons. The molecule has 0 spiro atoms. The van der Waals surface area contributed by atoms with E-state index in [1.807, 2.05) is 24.3 Å². The molecule has 0 bridgehead atoms. The fourth-order valence-electron chi connectivity index (χ4n) is 3.11. The summed E-state index contributed by atoms with van der Waals surface area (Å²) in [4.78, 5) is 27.2. The number of benzene rings is 2. The van der Waals surface area contributed by atoms with E-state index >= 15 is 0 Å². The van der Waals surface area contributed by atoms with Gasteiger partial charge in [0, 0.05) is 31.1 Å². The second-order valence-corrected chi connectivity index (χ2v) is 8.55. The van der Waals surface area contributed by atoms with Crippen molar-refractivity contribution < 1.29 is 23.3 Å². The van der Waals surface area contributed by atoms with Crippen LogP contribution >= 0.6 is 0 Å². The highest BCUT2D eigenvalue weighted by Gasteiger charge is 2.17. The van der Waals surface area contributed by atoms with Gasteiger partial charge in [0.25, 0.3) is 5.91 Å². The van der Waals surface area contributed by atoms with Crippen LogP contribution in [-0.2, 0) is 31.6 Å². The van der Waals surface area contributed by atoms with Gasteiger partial charge in [-0.05, 0) is 29.8 Å². The maximum atomic E-state index is 12.3. The lowest BCUT2D eigenvalue weighted by Crippen LogP contribution is -2.35. The molecule has 1 atom stereocenters. The van der Waals surface area contributed by atoms with Gasteiger partial charge in [-0.1, -0.05) is 31.2 Å². The van der Waals surface area contributed by atoms with Crippen molar-refractivity contribution in [3.63, 3.8) is 0 Å². The number of nitrogens with zero attached hydrogens (tertiary/aromatic N) is 1. The van der Waals surface area contributed by atoms with Gasteiger partial charge in [-0.25, -0.2) is 4.79 Å². The van der Waals surface area contributed by atoms with Gasteiger partial charge < -0.3 is 14.8 Å². The smallest absolute Gasteiger partial charge is 0.339 e. The second-order valence-electron chi connectivity index (χ2n) is 6.84. The first-order valence-electron chi connectivity index (χ1n) is 9.90. The summed E-state index contributed by atoms with van der Waals surface area (Å²) in [6, 6.07) is 14.2. The number of anilines is 1. The molecular weight excluding hydrogens is 404 g/mol. The zero-order valence-electron chi connectivity index (χ0n) is 17.0. The highest BCUT2D eigenvalue weighted by atomic mass is 32.2. The number of rotatable bonds is 8. The average Bonchev–Trinajstić information content (AvgIpc) is 2.79. The van der Waals surface area contributed by atoms with Crippen molar-refractivity contribution in [1.82, 2.24) is 4.90 Å². The van der Waals surface area contributed by atoms with E-state index in [9.17, 15) is 13.8 Å². The first-order chi connectivity index (χ1) is 14.6. The molecule has 8 heteroatoms. The molecule has 0 saturated carbocycles. The standard InChI is InChI=1S/C22H26N2O5S/c1-2-30(27)20-6-4-3-5-19(20)22(26)29-16-21(25)23-18-9-7-17(8-10-18)15-24-11-13-28-14-12-24/h3-10H,2,11-16H2,1H3,(H,23,25). The van der Waals surface area contributed by atoms with E-state index in [0.29, 0.717) is 16.3 Å². The molecule has 1 N–H and O–H groups in total. The normalized spacial score (nSPS) is 15.4. The number of nitrogens with one attached hydrogen (secondary N) is 1. The summed E-state index contributed by atoms with van der Waals surface area (Å²) >= 11 is 0. The van der Waals surface area contributed by atoms with Crippen molar-refractivity contribution in [3.8, 4) is 0 Å². The summed E-state index contributed by atoms with van der Waals surface area (Å²) in [7, 11) is -1.29. The highest BCUT2D eigenvalue weighted by molar-refractivity contribution is 7.85. The summed E-state index contributed by atoms with van der Waals surface area (Å²) < 4.78 is 22.6. The number of amides is 1. The molecule has 3 rings (SSSR count). The van der Waals surface area contributed by atoms with Crippen molar-refractivity contribution in [2.75, 3.05) is 44.0 Å². The van der Waals surface area contributed by atoms with Crippen molar-refractivity contribution in [1.29, 1.82) is 0 Å². The minimum Gasteiger partial charge on any atom is -0.452 e. The van der Waals surface area contributed by atoms with Gasteiger partial charge in [0.15, 0.2) is 6.61 Å². The quantitative estimate of drug-likeness (QED) is 0.648. The van der Waals surface area contributed by atoms with E-state index in [2.05, 4.69) is 10.2 Å². The SMILES string of the molecule is CCS(=O)c1ccccc1C(=O)OCC(=O)Nc1ccc(CN2CCOCC2)cc1. The van der Waals surface area contributed by atoms with Crippen LogP contribution in [0.1, 0.15) is 22.8 Å². The molecule has 1 fully saturated rings. The first kappa shape index (κ1) is 22.1. The Bertz CT molecular complexity index is 895. The first-order valence-corrected chi connectivity index (χ1v) is 11.2. The Labute approximate surface area is 178 Å². The van der Waals surface area contributed by atoms with Gasteiger partial charge in [-0.15, -0.1) is 0 Å². The van der Waals surface area contributed by atoms with Crippen LogP contribution < -0.4 is 5.32 Å².